The van der Waals surface area contributed by atoms with Crippen molar-refractivity contribution in [1.29, 1.82) is 0 Å². The molecule has 1 aromatic rings. The van der Waals surface area contributed by atoms with Crippen LogP contribution in [0, 0.1) is 13.8 Å². The minimum Gasteiger partial charge on any atom is -0.320 e. The topological polar surface area (TPSA) is 29.1 Å². The number of nitrogens with one attached hydrogen (secondary N) is 1. The van der Waals surface area contributed by atoms with Crippen LogP contribution in [0.5, 0.6) is 0 Å². The van der Waals surface area contributed by atoms with E-state index in [9.17, 15) is 4.79 Å². The Morgan fingerprint density at radius 3 is 2.17 bits per heavy atom. The number of hydrogen-bond acceptors (Lipinski definition) is 1. The number of nitrogens with zero attached hydrogens (tertiary/aromatic N) is 1. The summed E-state index contributed by atoms with van der Waals surface area (Å²) in [6.07, 6.45) is 4.64. The van der Waals surface area contributed by atoms with Crippen molar-refractivity contribution < 1.29 is 42.0 Å². The molecule has 1 amide bonds. The van der Waals surface area contributed by atoms with Crippen LogP contribution in [0.15, 0.2) is 12.1 Å². The van der Waals surface area contributed by atoms with Gasteiger partial charge in [-0.25, -0.2) is 0 Å². The summed E-state index contributed by atoms with van der Waals surface area (Å²) >= 11 is 6.10. The summed E-state index contributed by atoms with van der Waals surface area (Å²) in [5.41, 5.74) is 2.98. The average molecular weight is 427 g/mol. The Morgan fingerprint density at radius 1 is 1.17 bits per heavy atom. The number of amides is 1. The first-order valence-corrected chi connectivity index (χ1v) is 9.24. The zero-order valence-electron chi connectivity index (χ0n) is 15.5. The molecule has 0 bridgehead atoms. The Morgan fingerprint density at radius 2 is 1.71 bits per heavy atom. The molecule has 131 valence electrons. The van der Waals surface area contributed by atoms with Gasteiger partial charge >= 0.3 is 0 Å². The van der Waals surface area contributed by atoms with Crippen LogP contribution in [0.3, 0.4) is 0 Å². The fraction of sp³-hybridized carbons (Fsp3) is 0.632. The summed E-state index contributed by atoms with van der Waals surface area (Å²) < 4.78 is 0.939. The third kappa shape index (κ3) is 4.81. The molecule has 5 heteroatoms. The second-order valence-corrected chi connectivity index (χ2v) is 7.31. The number of anilines is 1. The zero-order valence-corrected chi connectivity index (χ0v) is 19.1. The van der Waals surface area contributed by atoms with Gasteiger partial charge in [0.2, 0.25) is 0 Å². The summed E-state index contributed by atoms with van der Waals surface area (Å²) in [6, 6.07) is 3.86. The van der Waals surface area contributed by atoms with E-state index in [4.69, 9.17) is 11.6 Å². The summed E-state index contributed by atoms with van der Waals surface area (Å²) in [5.74, 6) is 0.157. The van der Waals surface area contributed by atoms with E-state index in [0.29, 0.717) is 0 Å². The van der Waals surface area contributed by atoms with E-state index in [1.165, 1.54) is 19.3 Å². The number of aryl methyl sites for hydroxylation is 2. The Hall–Kier alpha value is 0.0439. The monoisotopic (exact) mass is 426 g/mol. The minimum absolute atomic E-state index is 0. The summed E-state index contributed by atoms with van der Waals surface area (Å²) in [6.45, 7) is 11.6. The number of carbonyl (C=O) groups excluding carboxylic acids is 1. The van der Waals surface area contributed by atoms with Gasteiger partial charge in [-0.15, -0.1) is 0 Å². The first-order valence-electron chi connectivity index (χ1n) is 8.87. The van der Waals surface area contributed by atoms with Crippen LogP contribution < -0.4 is 5.32 Å². The number of likely N-dealkylation sites (N-methyl/N-ethyl adjacent to an activating group) is 1. The third-order valence-corrected chi connectivity index (χ3v) is 5.65. The van der Waals surface area contributed by atoms with Crippen LogP contribution in [-0.4, -0.2) is 36.1 Å². The predicted molar refractivity (Wildman–Crippen MR) is 98.0 cm³/mol. The number of halogens is 1. The zero-order chi connectivity index (χ0) is 17.0. The molecule has 2 rings (SSSR count). The molecule has 24 heavy (non-hydrogen) atoms. The third-order valence-electron chi connectivity index (χ3n) is 5.43. The normalized spacial score (nSPS) is 17.7. The van der Waals surface area contributed by atoms with Crippen LogP contribution in [0.2, 0.25) is 5.02 Å². The van der Waals surface area contributed by atoms with Gasteiger partial charge in [-0.05, 0) is 63.3 Å². The van der Waals surface area contributed by atoms with Crippen LogP contribution in [0.1, 0.15) is 50.7 Å². The summed E-state index contributed by atoms with van der Waals surface area (Å²) in [4.78, 5) is 13.0. The van der Waals surface area contributed by atoms with Crippen molar-refractivity contribution in [1.82, 2.24) is 0 Å². The van der Waals surface area contributed by atoms with Gasteiger partial charge in [0.25, 0.3) is 5.91 Å². The van der Waals surface area contributed by atoms with Gasteiger partial charge in [0.05, 0.1) is 19.6 Å². The summed E-state index contributed by atoms with van der Waals surface area (Å²) in [5, 5.41) is 3.92. The van der Waals surface area contributed by atoms with Crippen molar-refractivity contribution in [2.75, 3.05) is 25.0 Å². The van der Waals surface area contributed by atoms with E-state index in [-0.39, 0.29) is 44.7 Å². The molecule has 1 fully saturated rings. The number of quaternary nitrogens is 1. The first kappa shape index (κ1) is 22.1. The largest absolute Gasteiger partial charge is 0.320 e. The number of likely N-dealkylation sites (tertiary alicyclic amines) is 1. The van der Waals surface area contributed by atoms with Gasteiger partial charge in [0.1, 0.15) is 0 Å². The van der Waals surface area contributed by atoms with E-state index in [1.54, 1.807) is 0 Å². The molecule has 0 saturated carbocycles. The van der Waals surface area contributed by atoms with Crippen LogP contribution in [-0.2, 0) is 37.5 Å². The van der Waals surface area contributed by atoms with Crippen molar-refractivity contribution >= 4 is 23.2 Å². The van der Waals surface area contributed by atoms with Gasteiger partial charge < -0.3 is 9.80 Å². The molecule has 0 aromatic heterocycles. The Labute approximate surface area is 177 Å². The molecule has 1 unspecified atom stereocenters. The number of carbonyl (C=O) groups is 1. The second kappa shape index (κ2) is 9.66. The van der Waals surface area contributed by atoms with E-state index >= 15 is 0 Å². The van der Waals surface area contributed by atoms with Crippen LogP contribution in [0.25, 0.3) is 0 Å². The molecule has 1 heterocycles. The number of rotatable bonds is 5. The van der Waals surface area contributed by atoms with Crippen molar-refractivity contribution in [3.8, 4) is 0 Å². The maximum Gasteiger partial charge on any atom is 0.282 e. The molecule has 0 spiro atoms. The molecular formula is C19H30ClN2OY+. The number of piperidine rings is 1. The quantitative estimate of drug-likeness (QED) is 0.680. The van der Waals surface area contributed by atoms with E-state index in [1.807, 2.05) is 26.0 Å². The van der Waals surface area contributed by atoms with Crippen molar-refractivity contribution in [3.05, 3.63) is 28.3 Å². The van der Waals surface area contributed by atoms with Gasteiger partial charge in [-0.3, -0.25) is 4.79 Å². The molecule has 1 N–H and O–H groups in total. The van der Waals surface area contributed by atoms with E-state index in [0.717, 1.165) is 52.4 Å². The minimum atomic E-state index is 0. The fourth-order valence-corrected chi connectivity index (χ4v) is 4.45. The Bertz CT molecular complexity index is 547. The molecule has 1 radical (unpaired) electrons. The maximum atomic E-state index is 13.0. The predicted octanol–water partition coefficient (Wildman–Crippen LogP) is 4.69. The van der Waals surface area contributed by atoms with Crippen molar-refractivity contribution in [2.45, 2.75) is 59.4 Å². The molecule has 0 aliphatic carbocycles. The van der Waals surface area contributed by atoms with Gasteiger partial charge in [-0.1, -0.05) is 18.5 Å². The van der Waals surface area contributed by atoms with Gasteiger partial charge in [0.15, 0.2) is 6.04 Å². The van der Waals surface area contributed by atoms with Gasteiger partial charge in [0, 0.05) is 49.8 Å². The van der Waals surface area contributed by atoms with E-state index < -0.39 is 0 Å². The Balaban J connectivity index is 0.00000288. The summed E-state index contributed by atoms with van der Waals surface area (Å²) in [7, 11) is 0. The molecular weight excluding hydrogens is 397 g/mol. The second-order valence-electron chi connectivity index (χ2n) is 6.87. The number of hydrogen-bond donors (Lipinski definition) is 1. The van der Waals surface area contributed by atoms with Crippen LogP contribution >= 0.6 is 11.6 Å². The smallest absolute Gasteiger partial charge is 0.282 e. The van der Waals surface area contributed by atoms with Crippen molar-refractivity contribution in [3.63, 3.8) is 0 Å². The SMILES string of the molecule is CCC(C(=O)Nc1c(C)cc(Cl)cc1C)[N+]1(CC)CCCCC1.[Y]. The molecule has 1 atom stereocenters. The molecule has 3 nitrogen and oxygen atoms in total. The standard InChI is InChI=1S/C19H29ClN2O.Y/c1-5-17(22(6-2)10-8-7-9-11-22)19(23)21-18-14(3)12-16(20)13-15(18)4;/h12-13,17H,5-11H2,1-4H3;/p+1. The number of benzene rings is 1. The maximum absolute atomic E-state index is 13.0. The Kier molecular flexibility index (Phi) is 8.89. The van der Waals surface area contributed by atoms with E-state index in [2.05, 4.69) is 19.2 Å². The molecule has 1 aliphatic heterocycles. The van der Waals surface area contributed by atoms with Crippen molar-refractivity contribution in [2.24, 2.45) is 0 Å². The fourth-order valence-electron chi connectivity index (χ4n) is 4.13. The molecule has 1 aliphatic rings. The molecule has 1 saturated heterocycles. The first-order chi connectivity index (χ1) is 10.9. The molecule has 1 aromatic carbocycles. The van der Waals surface area contributed by atoms with Crippen LogP contribution in [0.4, 0.5) is 5.69 Å². The van der Waals surface area contributed by atoms with Gasteiger partial charge in [-0.2, -0.15) is 0 Å². The average Bonchev–Trinajstić information content (AvgIpc) is 2.52.